The molecule has 1 fully saturated rings. The van der Waals surface area contributed by atoms with Gasteiger partial charge in [0.15, 0.2) is 0 Å². The van der Waals surface area contributed by atoms with Crippen LogP contribution in [-0.4, -0.2) is 17.5 Å². The van der Waals surface area contributed by atoms with Gasteiger partial charge in [-0.3, -0.25) is 4.79 Å². The van der Waals surface area contributed by atoms with Crippen LogP contribution in [0.25, 0.3) is 0 Å². The van der Waals surface area contributed by atoms with Gasteiger partial charge in [0, 0.05) is 11.8 Å². The molecule has 0 amide bonds. The van der Waals surface area contributed by atoms with E-state index in [1.165, 1.54) is 0 Å². The van der Waals surface area contributed by atoms with Crippen molar-refractivity contribution < 1.29 is 9.90 Å². The van der Waals surface area contributed by atoms with Gasteiger partial charge in [0.2, 0.25) is 0 Å². The number of hydrogen-bond donors (Lipinski definition) is 1. The van der Waals surface area contributed by atoms with Crippen molar-refractivity contribution in [1.82, 2.24) is 0 Å². The highest BCUT2D eigenvalue weighted by atomic mass is 16.3. The zero-order valence-electron chi connectivity index (χ0n) is 7.21. The molecule has 0 heterocycles. The Hall–Kier alpha value is -0.370. The maximum Gasteiger partial charge on any atom is 0.141 e. The molecule has 0 saturated heterocycles. The van der Waals surface area contributed by atoms with E-state index < -0.39 is 0 Å². The first kappa shape index (κ1) is 8.72. The molecule has 0 bridgehead atoms. The van der Waals surface area contributed by atoms with Crippen molar-refractivity contribution in [3.63, 3.8) is 0 Å². The second-order valence-electron chi connectivity index (χ2n) is 3.76. The minimum atomic E-state index is -0.0752. The summed E-state index contributed by atoms with van der Waals surface area (Å²) in [4.78, 5) is 11.3. The maximum absolute atomic E-state index is 11.3. The van der Waals surface area contributed by atoms with Gasteiger partial charge in [-0.05, 0) is 18.8 Å². The van der Waals surface area contributed by atoms with Crippen molar-refractivity contribution in [3.8, 4) is 0 Å². The molecule has 1 saturated carbocycles. The Kier molecular flexibility index (Phi) is 2.66. The number of rotatable bonds is 1. The highest BCUT2D eigenvalue weighted by molar-refractivity contribution is 5.83. The summed E-state index contributed by atoms with van der Waals surface area (Å²) < 4.78 is 0. The van der Waals surface area contributed by atoms with E-state index in [1.54, 1.807) is 0 Å². The monoisotopic (exact) mass is 156 g/mol. The number of carbonyl (C=O) groups is 1. The van der Waals surface area contributed by atoms with Gasteiger partial charge in [-0.25, -0.2) is 0 Å². The Morgan fingerprint density at radius 2 is 2.09 bits per heavy atom. The second kappa shape index (κ2) is 3.35. The summed E-state index contributed by atoms with van der Waals surface area (Å²) in [5.74, 6) is 0.940. The molecule has 0 aromatic rings. The van der Waals surface area contributed by atoms with Gasteiger partial charge in [-0.2, -0.15) is 0 Å². The minimum Gasteiger partial charge on any atom is -0.396 e. The van der Waals surface area contributed by atoms with Crippen molar-refractivity contribution >= 4 is 5.78 Å². The predicted molar refractivity (Wildman–Crippen MR) is 43.1 cm³/mol. The van der Waals surface area contributed by atoms with Crippen LogP contribution in [-0.2, 0) is 4.79 Å². The Bertz CT molecular complexity index is 154. The normalized spacial score (nSPS) is 39.2. The first-order chi connectivity index (χ1) is 5.15. The smallest absolute Gasteiger partial charge is 0.141 e. The third-order valence-electron chi connectivity index (χ3n) is 2.55. The lowest BCUT2D eigenvalue weighted by Gasteiger charge is -2.28. The van der Waals surface area contributed by atoms with Gasteiger partial charge in [0.05, 0.1) is 6.61 Å². The molecule has 1 rings (SSSR count). The van der Waals surface area contributed by atoms with Gasteiger partial charge >= 0.3 is 0 Å². The van der Waals surface area contributed by atoms with Crippen LogP contribution in [0.4, 0.5) is 0 Å². The van der Waals surface area contributed by atoms with Gasteiger partial charge in [-0.1, -0.05) is 13.8 Å². The lowest BCUT2D eigenvalue weighted by molar-refractivity contribution is -0.131. The number of ketones is 1. The number of aliphatic hydroxyl groups excluding tert-OH is 1. The summed E-state index contributed by atoms with van der Waals surface area (Å²) in [6.45, 7) is 4.14. The molecule has 0 radical (unpaired) electrons. The Morgan fingerprint density at radius 3 is 2.64 bits per heavy atom. The molecule has 64 valence electrons. The van der Waals surface area contributed by atoms with E-state index in [2.05, 4.69) is 6.92 Å². The third kappa shape index (κ3) is 1.80. The van der Waals surface area contributed by atoms with Gasteiger partial charge in [0.25, 0.3) is 0 Å². The quantitative estimate of drug-likeness (QED) is 0.620. The summed E-state index contributed by atoms with van der Waals surface area (Å²) in [5.41, 5.74) is 0. The molecule has 1 unspecified atom stereocenters. The highest BCUT2D eigenvalue weighted by Gasteiger charge is 2.31. The van der Waals surface area contributed by atoms with Crippen molar-refractivity contribution in [2.75, 3.05) is 6.61 Å². The molecular formula is C9H16O2. The van der Waals surface area contributed by atoms with E-state index in [0.717, 1.165) is 12.8 Å². The summed E-state index contributed by atoms with van der Waals surface area (Å²) in [7, 11) is 0. The molecule has 2 nitrogen and oxygen atoms in total. The van der Waals surface area contributed by atoms with Crippen molar-refractivity contribution in [3.05, 3.63) is 0 Å². The van der Waals surface area contributed by atoms with E-state index >= 15 is 0 Å². The molecule has 0 spiro atoms. The van der Waals surface area contributed by atoms with Crippen molar-refractivity contribution in [1.29, 1.82) is 0 Å². The molecule has 0 aromatic carbocycles. The van der Waals surface area contributed by atoms with Crippen LogP contribution in [0, 0.1) is 17.8 Å². The largest absolute Gasteiger partial charge is 0.396 e. The molecule has 1 aliphatic rings. The summed E-state index contributed by atoms with van der Waals surface area (Å²) in [6.07, 6.45) is 1.87. The number of Topliss-reactive ketones (excluding diaryl/α,β-unsaturated/α-hetero) is 1. The summed E-state index contributed by atoms with van der Waals surface area (Å²) in [6, 6.07) is 0. The SMILES string of the molecule is CC1C[C@@H](CO)C(=O)[C@@H](C)C1. The Labute approximate surface area is 67.6 Å². The third-order valence-corrected chi connectivity index (χ3v) is 2.55. The Balaban J connectivity index is 2.59. The Morgan fingerprint density at radius 1 is 1.45 bits per heavy atom. The van der Waals surface area contributed by atoms with Crippen molar-refractivity contribution in [2.45, 2.75) is 26.7 Å². The topological polar surface area (TPSA) is 37.3 Å². The fourth-order valence-corrected chi connectivity index (χ4v) is 1.98. The van der Waals surface area contributed by atoms with E-state index in [9.17, 15) is 4.79 Å². The summed E-state index contributed by atoms with van der Waals surface area (Å²) >= 11 is 0. The molecule has 0 aromatic heterocycles. The maximum atomic E-state index is 11.3. The summed E-state index contributed by atoms with van der Waals surface area (Å²) in [5, 5.41) is 8.88. The van der Waals surface area contributed by atoms with E-state index in [1.807, 2.05) is 6.92 Å². The standard InChI is InChI=1S/C9H16O2/c1-6-3-7(2)9(11)8(4-6)5-10/h6-8,10H,3-5H2,1-2H3/t6?,7-,8-/m0/s1. The van der Waals surface area contributed by atoms with E-state index in [4.69, 9.17) is 5.11 Å². The number of hydrogen-bond acceptors (Lipinski definition) is 2. The average Bonchev–Trinajstić information content (AvgIpc) is 1.96. The second-order valence-corrected chi connectivity index (χ2v) is 3.76. The molecular weight excluding hydrogens is 140 g/mol. The molecule has 11 heavy (non-hydrogen) atoms. The van der Waals surface area contributed by atoms with Gasteiger partial charge in [-0.15, -0.1) is 0 Å². The van der Waals surface area contributed by atoms with Gasteiger partial charge < -0.3 is 5.11 Å². The number of carbonyl (C=O) groups excluding carboxylic acids is 1. The zero-order chi connectivity index (χ0) is 8.43. The van der Waals surface area contributed by atoms with Crippen molar-refractivity contribution in [2.24, 2.45) is 17.8 Å². The average molecular weight is 156 g/mol. The van der Waals surface area contributed by atoms with Gasteiger partial charge in [0.1, 0.15) is 5.78 Å². The lowest BCUT2D eigenvalue weighted by atomic mass is 9.76. The van der Waals surface area contributed by atoms with Crippen LogP contribution in [0.1, 0.15) is 26.7 Å². The van der Waals surface area contributed by atoms with Crippen LogP contribution >= 0.6 is 0 Å². The first-order valence-corrected chi connectivity index (χ1v) is 4.29. The number of aliphatic hydroxyl groups is 1. The lowest BCUT2D eigenvalue weighted by Crippen LogP contribution is -2.32. The van der Waals surface area contributed by atoms with Crippen LogP contribution in [0.15, 0.2) is 0 Å². The van der Waals surface area contributed by atoms with Crippen LogP contribution in [0.2, 0.25) is 0 Å². The molecule has 3 atom stereocenters. The fraction of sp³-hybridized carbons (Fsp3) is 0.889. The van der Waals surface area contributed by atoms with Crippen LogP contribution < -0.4 is 0 Å². The molecule has 2 heteroatoms. The first-order valence-electron chi connectivity index (χ1n) is 4.29. The zero-order valence-corrected chi connectivity index (χ0v) is 7.21. The minimum absolute atomic E-state index is 0.0352. The van der Waals surface area contributed by atoms with E-state index in [0.29, 0.717) is 5.92 Å². The predicted octanol–water partition coefficient (Wildman–Crippen LogP) is 1.23. The highest BCUT2D eigenvalue weighted by Crippen LogP contribution is 2.29. The molecule has 1 N–H and O–H groups in total. The molecule has 1 aliphatic carbocycles. The van der Waals surface area contributed by atoms with E-state index in [-0.39, 0.29) is 24.2 Å². The van der Waals surface area contributed by atoms with Crippen LogP contribution in [0.5, 0.6) is 0 Å². The fourth-order valence-electron chi connectivity index (χ4n) is 1.98. The van der Waals surface area contributed by atoms with Crippen LogP contribution in [0.3, 0.4) is 0 Å². The molecule has 0 aliphatic heterocycles.